The zero-order valence-electron chi connectivity index (χ0n) is 11.2. The number of hydrogen-bond donors (Lipinski definition) is 3. The quantitative estimate of drug-likeness (QED) is 0.759. The van der Waals surface area contributed by atoms with E-state index in [4.69, 9.17) is 22.4 Å². The standard InChI is InChI=1S/C15H13ClN2O3/c1-8-2-5-12(17)10(6-8)14(19)18-13-7-9(15(20)21)3-4-11(13)16/h2-7H,17H2,1H3,(H,18,19)(H,20,21). The molecule has 0 heterocycles. The highest BCUT2D eigenvalue weighted by Gasteiger charge is 2.13. The number of nitrogen functional groups attached to an aromatic ring is 1. The lowest BCUT2D eigenvalue weighted by molar-refractivity contribution is 0.0696. The summed E-state index contributed by atoms with van der Waals surface area (Å²) in [5.74, 6) is -1.54. The van der Waals surface area contributed by atoms with Gasteiger partial charge in [-0.05, 0) is 37.3 Å². The van der Waals surface area contributed by atoms with E-state index in [2.05, 4.69) is 5.32 Å². The Balaban J connectivity index is 2.33. The highest BCUT2D eigenvalue weighted by molar-refractivity contribution is 6.34. The number of carbonyl (C=O) groups is 2. The first-order chi connectivity index (χ1) is 9.88. The number of anilines is 2. The van der Waals surface area contributed by atoms with Gasteiger partial charge in [-0.1, -0.05) is 23.2 Å². The number of carboxylic acids is 1. The summed E-state index contributed by atoms with van der Waals surface area (Å²) < 4.78 is 0. The van der Waals surface area contributed by atoms with Gasteiger partial charge in [-0.3, -0.25) is 4.79 Å². The van der Waals surface area contributed by atoms with Gasteiger partial charge in [0.2, 0.25) is 0 Å². The second-order valence-corrected chi connectivity index (χ2v) is 4.95. The maximum absolute atomic E-state index is 12.2. The fourth-order valence-electron chi connectivity index (χ4n) is 1.81. The van der Waals surface area contributed by atoms with Crippen molar-refractivity contribution in [1.82, 2.24) is 0 Å². The van der Waals surface area contributed by atoms with E-state index >= 15 is 0 Å². The highest BCUT2D eigenvalue weighted by atomic mass is 35.5. The SMILES string of the molecule is Cc1ccc(N)c(C(=O)Nc2cc(C(=O)O)ccc2Cl)c1. The summed E-state index contributed by atoms with van der Waals surface area (Å²) in [6, 6.07) is 9.17. The zero-order valence-corrected chi connectivity index (χ0v) is 11.9. The van der Waals surface area contributed by atoms with Crippen molar-refractivity contribution in [2.75, 3.05) is 11.1 Å². The van der Waals surface area contributed by atoms with Gasteiger partial charge in [-0.15, -0.1) is 0 Å². The molecule has 0 unspecified atom stereocenters. The van der Waals surface area contributed by atoms with E-state index in [-0.39, 0.29) is 16.3 Å². The average Bonchev–Trinajstić information content (AvgIpc) is 2.43. The van der Waals surface area contributed by atoms with Gasteiger partial charge in [0.15, 0.2) is 0 Å². The minimum Gasteiger partial charge on any atom is -0.478 e. The van der Waals surface area contributed by atoms with Crippen molar-refractivity contribution in [1.29, 1.82) is 0 Å². The topological polar surface area (TPSA) is 92.4 Å². The molecule has 0 fully saturated rings. The van der Waals surface area contributed by atoms with Crippen molar-refractivity contribution in [3.05, 3.63) is 58.1 Å². The summed E-state index contributed by atoms with van der Waals surface area (Å²) in [6.45, 7) is 1.84. The molecule has 0 aliphatic carbocycles. The minimum absolute atomic E-state index is 0.0342. The van der Waals surface area contributed by atoms with Crippen LogP contribution in [0.2, 0.25) is 5.02 Å². The summed E-state index contributed by atoms with van der Waals surface area (Å²) in [5.41, 5.74) is 7.57. The zero-order chi connectivity index (χ0) is 15.6. The van der Waals surface area contributed by atoms with Crippen LogP contribution in [0, 0.1) is 6.92 Å². The Bertz CT molecular complexity index is 729. The molecule has 4 N–H and O–H groups in total. The molecular formula is C15H13ClN2O3. The monoisotopic (exact) mass is 304 g/mol. The second-order valence-electron chi connectivity index (χ2n) is 4.54. The van der Waals surface area contributed by atoms with E-state index in [1.165, 1.54) is 18.2 Å². The lowest BCUT2D eigenvalue weighted by Crippen LogP contribution is -2.15. The van der Waals surface area contributed by atoms with Crippen LogP contribution in [-0.4, -0.2) is 17.0 Å². The van der Waals surface area contributed by atoms with Gasteiger partial charge in [0.05, 0.1) is 21.8 Å². The molecule has 21 heavy (non-hydrogen) atoms. The van der Waals surface area contributed by atoms with Crippen molar-refractivity contribution in [2.24, 2.45) is 0 Å². The molecule has 2 rings (SSSR count). The summed E-state index contributed by atoms with van der Waals surface area (Å²) in [6.07, 6.45) is 0. The van der Waals surface area contributed by atoms with E-state index in [0.29, 0.717) is 11.3 Å². The maximum atomic E-state index is 12.2. The van der Waals surface area contributed by atoms with Crippen molar-refractivity contribution in [3.63, 3.8) is 0 Å². The third kappa shape index (κ3) is 3.32. The molecule has 1 amide bonds. The van der Waals surface area contributed by atoms with Crippen LogP contribution in [-0.2, 0) is 0 Å². The number of aryl methyl sites for hydroxylation is 1. The Hall–Kier alpha value is -2.53. The van der Waals surface area contributed by atoms with Crippen LogP contribution in [0.1, 0.15) is 26.3 Å². The van der Waals surface area contributed by atoms with Gasteiger partial charge in [-0.25, -0.2) is 4.79 Å². The summed E-state index contributed by atoms with van der Waals surface area (Å²) in [7, 11) is 0. The molecule has 0 aliphatic heterocycles. The van der Waals surface area contributed by atoms with E-state index in [0.717, 1.165) is 5.56 Å². The molecular weight excluding hydrogens is 292 g/mol. The van der Waals surface area contributed by atoms with Crippen LogP contribution in [0.25, 0.3) is 0 Å². The van der Waals surface area contributed by atoms with E-state index in [1.54, 1.807) is 18.2 Å². The van der Waals surface area contributed by atoms with Crippen LogP contribution in [0.3, 0.4) is 0 Å². The smallest absolute Gasteiger partial charge is 0.335 e. The minimum atomic E-state index is -1.10. The first-order valence-electron chi connectivity index (χ1n) is 6.09. The molecule has 0 atom stereocenters. The van der Waals surface area contributed by atoms with Crippen molar-refractivity contribution in [3.8, 4) is 0 Å². The largest absolute Gasteiger partial charge is 0.478 e. The molecule has 6 heteroatoms. The van der Waals surface area contributed by atoms with E-state index in [9.17, 15) is 9.59 Å². The van der Waals surface area contributed by atoms with Crippen LogP contribution >= 0.6 is 11.6 Å². The van der Waals surface area contributed by atoms with Gasteiger partial charge in [0, 0.05) is 5.69 Å². The molecule has 2 aromatic rings. The molecule has 0 aliphatic rings. The lowest BCUT2D eigenvalue weighted by atomic mass is 10.1. The molecule has 0 spiro atoms. The lowest BCUT2D eigenvalue weighted by Gasteiger charge is -2.10. The normalized spacial score (nSPS) is 10.2. The fraction of sp³-hybridized carbons (Fsp3) is 0.0667. The third-order valence-electron chi connectivity index (χ3n) is 2.91. The number of amides is 1. The summed E-state index contributed by atoms with van der Waals surface area (Å²) >= 11 is 5.96. The van der Waals surface area contributed by atoms with Crippen LogP contribution in [0.15, 0.2) is 36.4 Å². The molecule has 5 nitrogen and oxygen atoms in total. The molecule has 0 bridgehead atoms. The predicted octanol–water partition coefficient (Wildman–Crippen LogP) is 3.18. The summed E-state index contributed by atoms with van der Waals surface area (Å²) in [5, 5.41) is 11.8. The Morgan fingerprint density at radius 1 is 1.19 bits per heavy atom. The maximum Gasteiger partial charge on any atom is 0.335 e. The van der Waals surface area contributed by atoms with Gasteiger partial charge >= 0.3 is 5.97 Å². The molecule has 0 aromatic heterocycles. The molecule has 0 saturated carbocycles. The first kappa shape index (κ1) is 14.9. The number of carbonyl (C=O) groups excluding carboxylic acids is 1. The van der Waals surface area contributed by atoms with Crippen LogP contribution in [0.5, 0.6) is 0 Å². The van der Waals surface area contributed by atoms with Gasteiger partial charge in [0.1, 0.15) is 0 Å². The third-order valence-corrected chi connectivity index (χ3v) is 3.24. The number of carboxylic acid groups (broad SMARTS) is 1. The Labute approximate surface area is 126 Å². The van der Waals surface area contributed by atoms with Crippen molar-refractivity contribution in [2.45, 2.75) is 6.92 Å². The van der Waals surface area contributed by atoms with Gasteiger partial charge in [0.25, 0.3) is 5.91 Å². The predicted molar refractivity (Wildman–Crippen MR) is 82.0 cm³/mol. The van der Waals surface area contributed by atoms with Gasteiger partial charge in [-0.2, -0.15) is 0 Å². The Morgan fingerprint density at radius 2 is 1.90 bits per heavy atom. The highest BCUT2D eigenvalue weighted by Crippen LogP contribution is 2.24. The molecule has 2 aromatic carbocycles. The first-order valence-corrected chi connectivity index (χ1v) is 6.46. The van der Waals surface area contributed by atoms with Crippen LogP contribution < -0.4 is 11.1 Å². The summed E-state index contributed by atoms with van der Waals surface area (Å²) in [4.78, 5) is 23.2. The number of halogens is 1. The van der Waals surface area contributed by atoms with Crippen molar-refractivity contribution < 1.29 is 14.7 Å². The van der Waals surface area contributed by atoms with E-state index < -0.39 is 11.9 Å². The Morgan fingerprint density at radius 3 is 2.57 bits per heavy atom. The number of nitrogens with one attached hydrogen (secondary N) is 1. The average molecular weight is 305 g/mol. The molecule has 0 saturated heterocycles. The van der Waals surface area contributed by atoms with Gasteiger partial charge < -0.3 is 16.2 Å². The number of aromatic carboxylic acids is 1. The number of nitrogens with two attached hydrogens (primary N) is 1. The fourth-order valence-corrected chi connectivity index (χ4v) is 1.98. The van der Waals surface area contributed by atoms with Crippen LogP contribution in [0.4, 0.5) is 11.4 Å². The second kappa shape index (κ2) is 5.85. The number of benzene rings is 2. The van der Waals surface area contributed by atoms with E-state index in [1.807, 2.05) is 6.92 Å². The molecule has 0 radical (unpaired) electrons. The molecule has 108 valence electrons. The number of rotatable bonds is 3. The number of hydrogen-bond acceptors (Lipinski definition) is 3. The van der Waals surface area contributed by atoms with Crippen molar-refractivity contribution >= 4 is 34.9 Å². The Kier molecular flexibility index (Phi) is 4.14.